The van der Waals surface area contributed by atoms with Crippen molar-refractivity contribution >= 4 is 21.7 Å². The van der Waals surface area contributed by atoms with Gasteiger partial charge in [-0.25, -0.2) is 8.42 Å². The summed E-state index contributed by atoms with van der Waals surface area (Å²) in [6.45, 7) is 2.33. The number of amides is 1. The third kappa shape index (κ3) is 5.45. The largest absolute Gasteiger partial charge is 0.356 e. The van der Waals surface area contributed by atoms with Gasteiger partial charge in [-0.15, -0.1) is 0 Å². The molecule has 0 aromatic heterocycles. The minimum absolute atomic E-state index is 0.0580. The van der Waals surface area contributed by atoms with Gasteiger partial charge in [0.2, 0.25) is 5.91 Å². The fourth-order valence-corrected chi connectivity index (χ4v) is 5.45. The number of aliphatic imine (C=N–C) groups is 1. The Morgan fingerprint density at radius 1 is 1.26 bits per heavy atom. The molecule has 0 radical (unpaired) electrons. The molecule has 27 heavy (non-hydrogen) atoms. The SMILES string of the molecule is CN=C(NCCC(=O)NC1CCS(=O)(=O)C1)N1CCC(c2ccccc2)C1. The lowest BCUT2D eigenvalue weighted by Gasteiger charge is -2.22. The van der Waals surface area contributed by atoms with Crippen molar-refractivity contribution in [3.05, 3.63) is 35.9 Å². The van der Waals surface area contributed by atoms with Crippen molar-refractivity contribution in [1.29, 1.82) is 0 Å². The van der Waals surface area contributed by atoms with E-state index in [0.29, 0.717) is 25.3 Å². The van der Waals surface area contributed by atoms with Crippen molar-refractivity contribution in [1.82, 2.24) is 15.5 Å². The van der Waals surface area contributed by atoms with Crippen LogP contribution in [0.15, 0.2) is 35.3 Å². The van der Waals surface area contributed by atoms with E-state index in [1.807, 2.05) is 6.07 Å². The molecule has 0 spiro atoms. The minimum atomic E-state index is -2.97. The maximum atomic E-state index is 12.0. The summed E-state index contributed by atoms with van der Waals surface area (Å²) in [5, 5.41) is 6.07. The van der Waals surface area contributed by atoms with E-state index in [0.717, 1.165) is 25.5 Å². The number of hydrogen-bond donors (Lipinski definition) is 2. The Hall–Kier alpha value is -2.09. The summed E-state index contributed by atoms with van der Waals surface area (Å²) < 4.78 is 22.9. The normalized spacial score (nSPS) is 24.8. The van der Waals surface area contributed by atoms with Crippen LogP contribution in [0.1, 0.15) is 30.7 Å². The molecule has 0 bridgehead atoms. The number of rotatable bonds is 5. The molecule has 2 N–H and O–H groups in total. The summed E-state index contributed by atoms with van der Waals surface area (Å²) in [7, 11) is -1.22. The molecule has 2 atom stereocenters. The van der Waals surface area contributed by atoms with Gasteiger partial charge in [0.1, 0.15) is 0 Å². The zero-order valence-electron chi connectivity index (χ0n) is 15.7. The fraction of sp³-hybridized carbons (Fsp3) is 0.579. The van der Waals surface area contributed by atoms with Gasteiger partial charge in [0.25, 0.3) is 0 Å². The van der Waals surface area contributed by atoms with Crippen LogP contribution >= 0.6 is 0 Å². The Kier molecular flexibility index (Phi) is 6.36. The number of carbonyl (C=O) groups is 1. The van der Waals surface area contributed by atoms with Gasteiger partial charge in [-0.05, 0) is 18.4 Å². The third-order valence-electron chi connectivity index (χ3n) is 5.20. The monoisotopic (exact) mass is 392 g/mol. The Morgan fingerprint density at radius 3 is 2.70 bits per heavy atom. The predicted molar refractivity (Wildman–Crippen MR) is 107 cm³/mol. The summed E-state index contributed by atoms with van der Waals surface area (Å²) in [6.07, 6.45) is 1.89. The maximum absolute atomic E-state index is 12.0. The number of hydrogen-bond acceptors (Lipinski definition) is 4. The van der Waals surface area contributed by atoms with Crippen molar-refractivity contribution in [2.75, 3.05) is 38.2 Å². The van der Waals surface area contributed by atoms with E-state index in [1.54, 1.807) is 7.05 Å². The molecule has 2 aliphatic rings. The smallest absolute Gasteiger partial charge is 0.222 e. The van der Waals surface area contributed by atoms with Gasteiger partial charge >= 0.3 is 0 Å². The Morgan fingerprint density at radius 2 is 2.04 bits per heavy atom. The van der Waals surface area contributed by atoms with E-state index >= 15 is 0 Å². The number of likely N-dealkylation sites (tertiary alicyclic amines) is 1. The summed E-state index contributed by atoms with van der Waals surface area (Å²) in [4.78, 5) is 18.6. The van der Waals surface area contributed by atoms with Crippen LogP contribution in [0.4, 0.5) is 0 Å². The van der Waals surface area contributed by atoms with E-state index < -0.39 is 9.84 Å². The first kappa shape index (κ1) is 19.7. The van der Waals surface area contributed by atoms with Gasteiger partial charge in [0.15, 0.2) is 15.8 Å². The number of guanidine groups is 1. The molecule has 3 rings (SSSR count). The molecule has 2 heterocycles. The highest BCUT2D eigenvalue weighted by Gasteiger charge is 2.29. The predicted octanol–water partition coefficient (Wildman–Crippen LogP) is 0.745. The number of nitrogens with one attached hydrogen (secondary N) is 2. The van der Waals surface area contributed by atoms with Crippen LogP contribution in [0.2, 0.25) is 0 Å². The van der Waals surface area contributed by atoms with Crippen LogP contribution in [-0.4, -0.2) is 69.4 Å². The molecule has 1 aromatic carbocycles. The molecule has 0 aliphatic carbocycles. The van der Waals surface area contributed by atoms with Crippen LogP contribution in [0.5, 0.6) is 0 Å². The summed E-state index contributed by atoms with van der Waals surface area (Å²) >= 11 is 0. The molecule has 2 saturated heterocycles. The van der Waals surface area contributed by atoms with Crippen LogP contribution in [0.25, 0.3) is 0 Å². The average molecular weight is 393 g/mol. The molecular weight excluding hydrogens is 364 g/mol. The van der Waals surface area contributed by atoms with Crippen LogP contribution < -0.4 is 10.6 Å². The second-order valence-corrected chi connectivity index (χ2v) is 9.46. The van der Waals surface area contributed by atoms with E-state index in [2.05, 4.69) is 44.8 Å². The number of nitrogens with zero attached hydrogens (tertiary/aromatic N) is 2. The Bertz CT molecular complexity index is 779. The molecule has 0 saturated carbocycles. The highest BCUT2D eigenvalue weighted by atomic mass is 32.2. The van der Waals surface area contributed by atoms with Crippen molar-refractivity contribution in [3.63, 3.8) is 0 Å². The first-order valence-electron chi connectivity index (χ1n) is 9.47. The second-order valence-electron chi connectivity index (χ2n) is 7.23. The van der Waals surface area contributed by atoms with Gasteiger partial charge in [0, 0.05) is 45.1 Å². The molecule has 8 heteroatoms. The zero-order valence-corrected chi connectivity index (χ0v) is 16.5. The zero-order chi connectivity index (χ0) is 19.3. The maximum Gasteiger partial charge on any atom is 0.222 e. The summed E-state index contributed by atoms with van der Waals surface area (Å²) in [5.41, 5.74) is 1.35. The standard InChI is InChI=1S/C19H28N4O3S/c1-20-19(23-11-8-16(13-23)15-5-3-2-4-6-15)21-10-7-18(24)22-17-9-12-27(25,26)14-17/h2-6,16-17H,7-14H2,1H3,(H,20,21)(H,22,24). The van der Waals surface area contributed by atoms with E-state index in [4.69, 9.17) is 0 Å². The molecule has 1 amide bonds. The fourth-order valence-electron chi connectivity index (χ4n) is 3.78. The van der Waals surface area contributed by atoms with Crippen molar-refractivity contribution in [2.45, 2.75) is 31.2 Å². The van der Waals surface area contributed by atoms with Crippen molar-refractivity contribution in [2.24, 2.45) is 4.99 Å². The van der Waals surface area contributed by atoms with Gasteiger partial charge in [-0.2, -0.15) is 0 Å². The molecule has 1 aromatic rings. The lowest BCUT2D eigenvalue weighted by Crippen LogP contribution is -2.42. The minimum Gasteiger partial charge on any atom is -0.356 e. The summed E-state index contributed by atoms with van der Waals surface area (Å²) in [6, 6.07) is 10.3. The van der Waals surface area contributed by atoms with Crippen molar-refractivity contribution in [3.8, 4) is 0 Å². The second kappa shape index (κ2) is 8.73. The Balaban J connectivity index is 1.41. The quantitative estimate of drug-likeness (QED) is 0.570. The van der Waals surface area contributed by atoms with E-state index in [9.17, 15) is 13.2 Å². The van der Waals surface area contributed by atoms with Gasteiger partial charge < -0.3 is 15.5 Å². The van der Waals surface area contributed by atoms with Gasteiger partial charge in [-0.1, -0.05) is 30.3 Å². The Labute approximate surface area is 161 Å². The first-order valence-corrected chi connectivity index (χ1v) is 11.3. The van der Waals surface area contributed by atoms with Crippen molar-refractivity contribution < 1.29 is 13.2 Å². The number of sulfone groups is 1. The van der Waals surface area contributed by atoms with E-state index in [-0.39, 0.29) is 23.5 Å². The molecule has 2 unspecified atom stereocenters. The first-order chi connectivity index (χ1) is 13.0. The molecular formula is C19H28N4O3S. The number of benzene rings is 1. The number of carbonyl (C=O) groups excluding carboxylic acids is 1. The lowest BCUT2D eigenvalue weighted by atomic mass is 9.99. The molecule has 2 fully saturated rings. The topological polar surface area (TPSA) is 90.9 Å². The van der Waals surface area contributed by atoms with Gasteiger partial charge in [0.05, 0.1) is 11.5 Å². The third-order valence-corrected chi connectivity index (χ3v) is 6.97. The molecule has 148 valence electrons. The summed E-state index contributed by atoms with van der Waals surface area (Å²) in [5.74, 6) is 1.41. The highest BCUT2D eigenvalue weighted by Crippen LogP contribution is 2.26. The van der Waals surface area contributed by atoms with E-state index in [1.165, 1.54) is 5.56 Å². The highest BCUT2D eigenvalue weighted by molar-refractivity contribution is 7.91. The molecule has 2 aliphatic heterocycles. The van der Waals surface area contributed by atoms with Crippen LogP contribution in [0.3, 0.4) is 0 Å². The average Bonchev–Trinajstić information content (AvgIpc) is 3.26. The molecule has 7 nitrogen and oxygen atoms in total. The van der Waals surface area contributed by atoms with Crippen LogP contribution in [-0.2, 0) is 14.6 Å². The lowest BCUT2D eigenvalue weighted by molar-refractivity contribution is -0.121. The van der Waals surface area contributed by atoms with Gasteiger partial charge in [-0.3, -0.25) is 9.79 Å². The van der Waals surface area contributed by atoms with Crippen LogP contribution in [0, 0.1) is 0 Å².